The van der Waals surface area contributed by atoms with Gasteiger partial charge in [-0.15, -0.1) is 11.3 Å². The Morgan fingerprint density at radius 1 is 1.16 bits per heavy atom. The van der Waals surface area contributed by atoms with Crippen LogP contribution < -0.4 is 24.8 Å². The van der Waals surface area contributed by atoms with Gasteiger partial charge in [-0.2, -0.15) is 0 Å². The maximum Gasteiger partial charge on any atom is 0.265 e. The van der Waals surface area contributed by atoms with Gasteiger partial charge < -0.3 is 19.5 Å². The standard InChI is InChI=1S/C22H21N3O5S/c1-11-20(26)23-15-9-13(5-7-16(15)30-11)19-12(2)31-22(24-19)25-21(27)14-6-8-17(28-3)18(10-14)29-4/h5-11H,1-4H3,(H,23,26)(H,24,25,27). The van der Waals surface area contributed by atoms with Crippen molar-refractivity contribution in [1.82, 2.24) is 4.98 Å². The Morgan fingerprint density at radius 3 is 2.68 bits per heavy atom. The lowest BCUT2D eigenvalue weighted by molar-refractivity contribution is -0.122. The number of hydrogen-bond donors (Lipinski definition) is 2. The summed E-state index contributed by atoms with van der Waals surface area (Å²) in [5, 5.41) is 6.14. The summed E-state index contributed by atoms with van der Waals surface area (Å²) in [5.41, 5.74) is 2.57. The second-order valence-electron chi connectivity index (χ2n) is 6.91. The van der Waals surface area contributed by atoms with E-state index in [1.807, 2.05) is 19.1 Å². The molecule has 1 aromatic heterocycles. The van der Waals surface area contributed by atoms with Crippen molar-refractivity contribution in [2.45, 2.75) is 20.0 Å². The first-order valence-corrected chi connectivity index (χ1v) is 10.3. The summed E-state index contributed by atoms with van der Waals surface area (Å²) >= 11 is 1.37. The van der Waals surface area contributed by atoms with Crippen LogP contribution in [0.4, 0.5) is 10.8 Å². The molecule has 0 aliphatic carbocycles. The van der Waals surface area contributed by atoms with Crippen molar-refractivity contribution in [1.29, 1.82) is 0 Å². The largest absolute Gasteiger partial charge is 0.493 e. The number of benzene rings is 2. The first-order chi connectivity index (χ1) is 14.9. The molecule has 2 amide bonds. The van der Waals surface area contributed by atoms with E-state index in [0.29, 0.717) is 33.6 Å². The minimum atomic E-state index is -0.530. The van der Waals surface area contributed by atoms with Crippen LogP contribution in [0.15, 0.2) is 36.4 Å². The van der Waals surface area contributed by atoms with Crippen molar-refractivity contribution in [3.8, 4) is 28.5 Å². The van der Waals surface area contributed by atoms with E-state index in [2.05, 4.69) is 15.6 Å². The first kappa shape index (κ1) is 20.7. The van der Waals surface area contributed by atoms with Crippen molar-refractivity contribution >= 4 is 34.0 Å². The lowest BCUT2D eigenvalue weighted by Crippen LogP contribution is -2.34. The van der Waals surface area contributed by atoms with Crippen LogP contribution in [0.2, 0.25) is 0 Å². The van der Waals surface area contributed by atoms with E-state index in [-0.39, 0.29) is 11.8 Å². The van der Waals surface area contributed by atoms with E-state index in [9.17, 15) is 9.59 Å². The molecule has 3 aromatic rings. The Hall–Kier alpha value is -3.59. The summed E-state index contributed by atoms with van der Waals surface area (Å²) in [7, 11) is 3.05. The Kier molecular flexibility index (Phi) is 5.51. The maximum atomic E-state index is 12.7. The van der Waals surface area contributed by atoms with Crippen LogP contribution in [-0.2, 0) is 4.79 Å². The molecule has 31 heavy (non-hydrogen) atoms. The van der Waals surface area contributed by atoms with Crippen molar-refractivity contribution in [3.63, 3.8) is 0 Å². The summed E-state index contributed by atoms with van der Waals surface area (Å²) in [4.78, 5) is 30.1. The number of aryl methyl sites for hydroxylation is 1. The van der Waals surface area contributed by atoms with E-state index < -0.39 is 6.10 Å². The number of anilines is 2. The van der Waals surface area contributed by atoms with E-state index in [4.69, 9.17) is 14.2 Å². The Morgan fingerprint density at radius 2 is 1.94 bits per heavy atom. The number of fused-ring (bicyclic) bond motifs is 1. The average Bonchev–Trinajstić information content (AvgIpc) is 3.13. The lowest BCUT2D eigenvalue weighted by atomic mass is 10.1. The molecule has 0 saturated carbocycles. The summed E-state index contributed by atoms with van der Waals surface area (Å²) in [6.07, 6.45) is -0.530. The molecule has 160 valence electrons. The fourth-order valence-corrected chi connectivity index (χ4v) is 4.05. The molecule has 4 rings (SSSR count). The van der Waals surface area contributed by atoms with Crippen LogP contribution in [-0.4, -0.2) is 37.1 Å². The van der Waals surface area contributed by atoms with Gasteiger partial charge in [-0.3, -0.25) is 14.9 Å². The van der Waals surface area contributed by atoms with Crippen molar-refractivity contribution < 1.29 is 23.8 Å². The number of nitrogens with zero attached hydrogens (tertiary/aromatic N) is 1. The van der Waals surface area contributed by atoms with Crippen LogP contribution in [0.25, 0.3) is 11.3 Å². The fourth-order valence-electron chi connectivity index (χ4n) is 3.22. The SMILES string of the molecule is COc1ccc(C(=O)Nc2nc(-c3ccc4c(c3)NC(=O)C(C)O4)c(C)s2)cc1OC. The number of carbonyl (C=O) groups is 2. The zero-order valence-corrected chi connectivity index (χ0v) is 18.3. The second-order valence-corrected chi connectivity index (χ2v) is 8.11. The number of aromatic nitrogens is 1. The van der Waals surface area contributed by atoms with Gasteiger partial charge in [-0.05, 0) is 50.2 Å². The zero-order chi connectivity index (χ0) is 22.1. The number of rotatable bonds is 5. The van der Waals surface area contributed by atoms with Gasteiger partial charge in [-0.1, -0.05) is 0 Å². The van der Waals surface area contributed by atoms with Gasteiger partial charge in [0.2, 0.25) is 0 Å². The predicted octanol–water partition coefficient (Wildman–Crippen LogP) is 4.11. The summed E-state index contributed by atoms with van der Waals surface area (Å²) in [6, 6.07) is 10.5. The Labute approximate surface area is 183 Å². The van der Waals surface area contributed by atoms with Gasteiger partial charge in [0.15, 0.2) is 22.7 Å². The number of nitrogens with one attached hydrogen (secondary N) is 2. The van der Waals surface area contributed by atoms with Crippen molar-refractivity contribution in [3.05, 3.63) is 46.8 Å². The molecule has 8 nitrogen and oxygen atoms in total. The van der Waals surface area contributed by atoms with E-state index in [0.717, 1.165) is 16.1 Å². The summed E-state index contributed by atoms with van der Waals surface area (Å²) in [6.45, 7) is 3.62. The molecule has 2 N–H and O–H groups in total. The number of thiazole rings is 1. The molecular formula is C22H21N3O5S. The molecule has 9 heteroatoms. The van der Waals surface area contributed by atoms with Gasteiger partial charge in [0, 0.05) is 16.0 Å². The average molecular weight is 439 g/mol. The third kappa shape index (κ3) is 4.04. The van der Waals surface area contributed by atoms with E-state index >= 15 is 0 Å². The quantitative estimate of drug-likeness (QED) is 0.621. The smallest absolute Gasteiger partial charge is 0.265 e. The lowest BCUT2D eigenvalue weighted by Gasteiger charge is -2.23. The third-order valence-corrected chi connectivity index (χ3v) is 5.73. The number of methoxy groups -OCH3 is 2. The summed E-state index contributed by atoms with van der Waals surface area (Å²) in [5.74, 6) is 1.14. The highest BCUT2D eigenvalue weighted by Gasteiger charge is 2.24. The molecule has 0 spiro atoms. The highest BCUT2D eigenvalue weighted by Crippen LogP contribution is 2.37. The van der Waals surface area contributed by atoms with E-state index in [1.165, 1.54) is 25.6 Å². The molecule has 2 aromatic carbocycles. The molecule has 2 heterocycles. The molecular weight excluding hydrogens is 418 g/mol. The molecule has 0 fully saturated rings. The number of amides is 2. The van der Waals surface area contributed by atoms with Crippen molar-refractivity contribution in [2.24, 2.45) is 0 Å². The molecule has 1 atom stereocenters. The van der Waals surface area contributed by atoms with Gasteiger partial charge >= 0.3 is 0 Å². The zero-order valence-electron chi connectivity index (χ0n) is 17.4. The fraction of sp³-hybridized carbons (Fsp3) is 0.227. The van der Waals surface area contributed by atoms with Crippen LogP contribution >= 0.6 is 11.3 Å². The molecule has 0 bridgehead atoms. The molecule has 1 aliphatic heterocycles. The topological polar surface area (TPSA) is 98.8 Å². The van der Waals surface area contributed by atoms with Crippen LogP contribution in [0.3, 0.4) is 0 Å². The highest BCUT2D eigenvalue weighted by molar-refractivity contribution is 7.16. The van der Waals surface area contributed by atoms with E-state index in [1.54, 1.807) is 31.2 Å². The van der Waals surface area contributed by atoms with Crippen LogP contribution in [0, 0.1) is 6.92 Å². The Balaban J connectivity index is 1.57. The third-order valence-electron chi connectivity index (χ3n) is 4.85. The first-order valence-electron chi connectivity index (χ1n) is 9.52. The molecule has 0 radical (unpaired) electrons. The van der Waals surface area contributed by atoms with Crippen LogP contribution in [0.5, 0.6) is 17.2 Å². The maximum absolute atomic E-state index is 12.7. The monoisotopic (exact) mass is 439 g/mol. The molecule has 0 saturated heterocycles. The number of ether oxygens (including phenoxy) is 3. The van der Waals surface area contributed by atoms with Crippen LogP contribution in [0.1, 0.15) is 22.2 Å². The second kappa shape index (κ2) is 8.27. The normalized spacial score (nSPS) is 14.8. The minimum Gasteiger partial charge on any atom is -0.493 e. The van der Waals surface area contributed by atoms with Gasteiger partial charge in [0.1, 0.15) is 5.75 Å². The number of hydrogen-bond acceptors (Lipinski definition) is 7. The van der Waals surface area contributed by atoms with Crippen molar-refractivity contribution in [2.75, 3.05) is 24.9 Å². The summed E-state index contributed by atoms with van der Waals surface area (Å²) < 4.78 is 16.1. The highest BCUT2D eigenvalue weighted by atomic mass is 32.1. The predicted molar refractivity (Wildman–Crippen MR) is 119 cm³/mol. The molecule has 1 aliphatic rings. The molecule has 1 unspecified atom stereocenters. The van der Waals surface area contributed by atoms with Gasteiger partial charge in [0.05, 0.1) is 25.6 Å². The minimum absolute atomic E-state index is 0.192. The van der Waals surface area contributed by atoms with Gasteiger partial charge in [-0.25, -0.2) is 4.98 Å². The van der Waals surface area contributed by atoms with Gasteiger partial charge in [0.25, 0.3) is 11.8 Å². The number of carbonyl (C=O) groups excluding carboxylic acids is 2. The Bertz CT molecular complexity index is 1170.